The third kappa shape index (κ3) is 2.39. The molecule has 96 valence electrons. The largest absolute Gasteiger partial charge is 0.507 e. The summed E-state index contributed by atoms with van der Waals surface area (Å²) >= 11 is 6.55. The Bertz CT molecular complexity index is 518. The van der Waals surface area contributed by atoms with Crippen molar-refractivity contribution in [2.45, 2.75) is 22.7 Å². The van der Waals surface area contributed by atoms with Crippen LogP contribution in [0.3, 0.4) is 0 Å². The molecule has 0 bridgehead atoms. The molecule has 2 rings (SSSR count). The van der Waals surface area contributed by atoms with Crippen LogP contribution in [0.1, 0.15) is 12.8 Å². The molecule has 1 atom stereocenters. The van der Waals surface area contributed by atoms with Gasteiger partial charge in [0.05, 0.1) is 11.3 Å². The Morgan fingerprint density at radius 1 is 1.50 bits per heavy atom. The topological polar surface area (TPSA) is 83.8 Å². The zero-order valence-electron chi connectivity index (χ0n) is 9.05. The number of aromatic hydroxyl groups is 1. The number of hydrogen-bond acceptors (Lipinski definition) is 5. The van der Waals surface area contributed by atoms with Crippen LogP contribution in [0.15, 0.2) is 23.1 Å². The molecule has 1 saturated heterocycles. The Morgan fingerprint density at radius 2 is 2.22 bits per heavy atom. The first-order chi connectivity index (χ1) is 8.43. The van der Waals surface area contributed by atoms with Crippen LogP contribution < -0.4 is 0 Å². The minimum atomic E-state index is -1.68. The van der Waals surface area contributed by atoms with E-state index in [-0.39, 0.29) is 23.5 Å². The Balaban J connectivity index is 2.33. The van der Waals surface area contributed by atoms with E-state index >= 15 is 0 Å². The fourth-order valence-electron chi connectivity index (χ4n) is 1.57. The highest BCUT2D eigenvalue weighted by molar-refractivity contribution is 8.01. The molecule has 1 aromatic rings. The molecule has 0 spiro atoms. The van der Waals surface area contributed by atoms with Gasteiger partial charge in [0.2, 0.25) is 0 Å². The van der Waals surface area contributed by atoms with E-state index in [1.807, 2.05) is 0 Å². The standard InChI is InChI=1S/C11H9ClO5S/c12-6-1-2-7(13)8(5-6)18-11(10(15)16)4-3-9(14)17-11/h1-2,5,13H,3-4H2,(H,15,16). The fraction of sp³-hybridized carbons (Fsp3) is 0.273. The van der Waals surface area contributed by atoms with E-state index in [9.17, 15) is 19.8 Å². The van der Waals surface area contributed by atoms with E-state index in [0.29, 0.717) is 5.02 Å². The molecular weight excluding hydrogens is 280 g/mol. The summed E-state index contributed by atoms with van der Waals surface area (Å²) in [5.74, 6) is -1.92. The second-order valence-electron chi connectivity index (χ2n) is 3.75. The molecule has 7 heteroatoms. The van der Waals surface area contributed by atoms with Crippen molar-refractivity contribution in [2.24, 2.45) is 0 Å². The number of carboxylic acid groups (broad SMARTS) is 1. The smallest absolute Gasteiger partial charge is 0.359 e. The lowest BCUT2D eigenvalue weighted by atomic mass is 10.2. The van der Waals surface area contributed by atoms with Gasteiger partial charge in [0.25, 0.3) is 4.93 Å². The number of phenolic OH excluding ortho intramolecular Hbond substituents is 1. The molecule has 1 aliphatic heterocycles. The van der Waals surface area contributed by atoms with E-state index in [4.69, 9.17) is 16.3 Å². The zero-order valence-corrected chi connectivity index (χ0v) is 10.6. The van der Waals surface area contributed by atoms with Crippen LogP contribution in [-0.2, 0) is 14.3 Å². The number of cyclic esters (lactones) is 1. The monoisotopic (exact) mass is 288 g/mol. The summed E-state index contributed by atoms with van der Waals surface area (Å²) in [7, 11) is 0. The number of rotatable bonds is 3. The van der Waals surface area contributed by atoms with Crippen molar-refractivity contribution in [3.63, 3.8) is 0 Å². The number of carbonyl (C=O) groups is 2. The van der Waals surface area contributed by atoms with Gasteiger partial charge < -0.3 is 14.9 Å². The van der Waals surface area contributed by atoms with Gasteiger partial charge in [-0.15, -0.1) is 0 Å². The van der Waals surface area contributed by atoms with Gasteiger partial charge in [-0.25, -0.2) is 4.79 Å². The highest BCUT2D eigenvalue weighted by Crippen LogP contribution is 2.45. The summed E-state index contributed by atoms with van der Waals surface area (Å²) in [6.45, 7) is 0. The lowest BCUT2D eigenvalue weighted by molar-refractivity contribution is -0.160. The van der Waals surface area contributed by atoms with E-state index < -0.39 is 16.9 Å². The molecule has 1 heterocycles. The van der Waals surface area contributed by atoms with Gasteiger partial charge in [-0.05, 0) is 18.2 Å². The summed E-state index contributed by atoms with van der Waals surface area (Å²) in [5, 5.41) is 19.2. The number of thioether (sulfide) groups is 1. The number of aliphatic carboxylic acids is 1. The summed E-state index contributed by atoms with van der Waals surface area (Å²) < 4.78 is 4.88. The van der Waals surface area contributed by atoms with Crippen LogP contribution in [0.2, 0.25) is 5.02 Å². The van der Waals surface area contributed by atoms with Crippen molar-refractivity contribution >= 4 is 35.3 Å². The predicted octanol–water partition coefficient (Wildman–Crippen LogP) is 2.26. The number of esters is 1. The van der Waals surface area contributed by atoms with Crippen LogP contribution in [0.25, 0.3) is 0 Å². The maximum atomic E-state index is 11.3. The lowest BCUT2D eigenvalue weighted by Gasteiger charge is -2.22. The van der Waals surface area contributed by atoms with Gasteiger partial charge in [0.15, 0.2) is 0 Å². The molecule has 0 saturated carbocycles. The van der Waals surface area contributed by atoms with E-state index in [1.165, 1.54) is 18.2 Å². The van der Waals surface area contributed by atoms with Crippen molar-refractivity contribution < 1.29 is 24.5 Å². The first-order valence-corrected chi connectivity index (χ1v) is 6.25. The Hall–Kier alpha value is -1.40. The van der Waals surface area contributed by atoms with Crippen LogP contribution in [0.4, 0.5) is 0 Å². The molecule has 0 amide bonds. The van der Waals surface area contributed by atoms with E-state index in [0.717, 1.165) is 11.8 Å². The molecule has 0 aliphatic carbocycles. The second-order valence-corrected chi connectivity index (χ2v) is 5.49. The van der Waals surface area contributed by atoms with Crippen molar-refractivity contribution in [3.8, 4) is 5.75 Å². The van der Waals surface area contributed by atoms with Crippen LogP contribution in [0.5, 0.6) is 5.75 Å². The van der Waals surface area contributed by atoms with Crippen molar-refractivity contribution in [2.75, 3.05) is 0 Å². The number of hydrogen-bond donors (Lipinski definition) is 2. The fourth-order valence-corrected chi connectivity index (χ4v) is 2.94. The Labute approximate surface area is 112 Å². The van der Waals surface area contributed by atoms with Gasteiger partial charge in [0.1, 0.15) is 5.75 Å². The number of phenols is 1. The third-order valence-electron chi connectivity index (χ3n) is 2.46. The van der Waals surface area contributed by atoms with Gasteiger partial charge in [-0.2, -0.15) is 0 Å². The van der Waals surface area contributed by atoms with Crippen molar-refractivity contribution in [1.29, 1.82) is 0 Å². The van der Waals surface area contributed by atoms with Crippen LogP contribution in [-0.4, -0.2) is 27.1 Å². The highest BCUT2D eigenvalue weighted by Gasteiger charge is 2.49. The molecule has 1 aliphatic rings. The molecule has 1 fully saturated rings. The summed E-state index contributed by atoms with van der Waals surface area (Å²) in [6, 6.07) is 4.27. The summed E-state index contributed by atoms with van der Waals surface area (Å²) in [5.41, 5.74) is 0. The molecule has 5 nitrogen and oxygen atoms in total. The average molecular weight is 289 g/mol. The number of halogens is 1. The normalized spacial score (nSPS) is 22.8. The van der Waals surface area contributed by atoms with Crippen molar-refractivity contribution in [3.05, 3.63) is 23.2 Å². The molecule has 1 aromatic carbocycles. The molecule has 1 unspecified atom stereocenters. The molecular formula is C11H9ClO5S. The minimum Gasteiger partial charge on any atom is -0.507 e. The molecule has 18 heavy (non-hydrogen) atoms. The number of benzene rings is 1. The predicted molar refractivity (Wildman–Crippen MR) is 64.7 cm³/mol. The summed E-state index contributed by atoms with van der Waals surface area (Å²) in [4.78, 5) is 21.0. The molecule has 2 N–H and O–H groups in total. The van der Waals surface area contributed by atoms with E-state index in [2.05, 4.69) is 0 Å². The lowest BCUT2D eigenvalue weighted by Crippen LogP contribution is -2.34. The maximum absolute atomic E-state index is 11.3. The summed E-state index contributed by atoms with van der Waals surface area (Å²) in [6.07, 6.45) is 0.0956. The Morgan fingerprint density at radius 3 is 2.78 bits per heavy atom. The molecule has 0 radical (unpaired) electrons. The Kier molecular flexibility index (Phi) is 3.41. The van der Waals surface area contributed by atoms with Crippen LogP contribution in [0, 0.1) is 0 Å². The first kappa shape index (κ1) is 13.0. The van der Waals surface area contributed by atoms with E-state index in [1.54, 1.807) is 0 Å². The number of carbonyl (C=O) groups excluding carboxylic acids is 1. The molecule has 0 aromatic heterocycles. The quantitative estimate of drug-likeness (QED) is 0.830. The van der Waals surface area contributed by atoms with Gasteiger partial charge >= 0.3 is 11.9 Å². The highest BCUT2D eigenvalue weighted by atomic mass is 35.5. The number of carboxylic acids is 1. The van der Waals surface area contributed by atoms with Gasteiger partial charge in [-0.3, -0.25) is 4.79 Å². The first-order valence-electron chi connectivity index (χ1n) is 5.06. The third-order valence-corrected chi connectivity index (χ3v) is 4.03. The van der Waals surface area contributed by atoms with Crippen molar-refractivity contribution in [1.82, 2.24) is 0 Å². The average Bonchev–Trinajstić information content (AvgIpc) is 2.67. The van der Waals surface area contributed by atoms with Crippen LogP contribution >= 0.6 is 23.4 Å². The zero-order chi connectivity index (χ0) is 13.3. The SMILES string of the molecule is O=C1CCC(Sc2cc(Cl)ccc2O)(C(=O)O)O1. The van der Waals surface area contributed by atoms with Gasteiger partial charge in [0, 0.05) is 11.4 Å². The maximum Gasteiger partial charge on any atom is 0.359 e. The second kappa shape index (κ2) is 4.70. The minimum absolute atomic E-state index is 0.0423. The number of ether oxygens (including phenoxy) is 1. The van der Waals surface area contributed by atoms with Gasteiger partial charge in [-0.1, -0.05) is 23.4 Å².